The van der Waals surface area contributed by atoms with Gasteiger partial charge in [0.05, 0.1) is 0 Å². The smallest absolute Gasteiger partial charge is 0.0278 e. The third-order valence-corrected chi connectivity index (χ3v) is 4.59. The van der Waals surface area contributed by atoms with Crippen molar-refractivity contribution in [3.63, 3.8) is 0 Å². The Morgan fingerprint density at radius 3 is 2.76 bits per heavy atom. The number of hydrogen-bond acceptors (Lipinski definition) is 3. The molecule has 0 unspecified atom stereocenters. The molecule has 0 radical (unpaired) electrons. The molecule has 0 spiro atoms. The SMILES string of the molecule is CC1(C)CN(CCc2cccs2)C(C)(C)CN1. The summed E-state index contributed by atoms with van der Waals surface area (Å²) in [5.41, 5.74) is 0.512. The first kappa shape index (κ1) is 13.1. The molecular weight excluding hydrogens is 228 g/mol. The number of piperazine rings is 1. The van der Waals surface area contributed by atoms with Crippen LogP contribution in [0.2, 0.25) is 0 Å². The van der Waals surface area contributed by atoms with Crippen LogP contribution in [0.15, 0.2) is 17.5 Å². The summed E-state index contributed by atoms with van der Waals surface area (Å²) < 4.78 is 0. The zero-order valence-electron chi connectivity index (χ0n) is 11.4. The molecule has 0 saturated carbocycles. The van der Waals surface area contributed by atoms with E-state index in [2.05, 4.69) is 55.4 Å². The van der Waals surface area contributed by atoms with Gasteiger partial charge in [0.25, 0.3) is 0 Å². The van der Waals surface area contributed by atoms with Crippen LogP contribution in [0.5, 0.6) is 0 Å². The topological polar surface area (TPSA) is 15.3 Å². The van der Waals surface area contributed by atoms with Crippen LogP contribution < -0.4 is 5.32 Å². The van der Waals surface area contributed by atoms with Crippen molar-refractivity contribution in [1.82, 2.24) is 10.2 Å². The monoisotopic (exact) mass is 252 g/mol. The maximum absolute atomic E-state index is 3.63. The quantitative estimate of drug-likeness (QED) is 0.890. The molecule has 1 aromatic rings. The molecule has 2 heterocycles. The Morgan fingerprint density at radius 2 is 2.12 bits per heavy atom. The molecule has 1 N–H and O–H groups in total. The van der Waals surface area contributed by atoms with E-state index in [1.165, 1.54) is 17.8 Å². The fourth-order valence-electron chi connectivity index (χ4n) is 2.40. The van der Waals surface area contributed by atoms with Crippen LogP contribution >= 0.6 is 11.3 Å². The molecule has 1 fully saturated rings. The van der Waals surface area contributed by atoms with Gasteiger partial charge in [-0.15, -0.1) is 11.3 Å². The number of rotatable bonds is 3. The summed E-state index contributed by atoms with van der Waals surface area (Å²) in [6, 6.07) is 4.39. The number of thiophene rings is 1. The highest BCUT2D eigenvalue weighted by Gasteiger charge is 2.36. The van der Waals surface area contributed by atoms with Crippen molar-refractivity contribution in [2.45, 2.75) is 45.2 Å². The van der Waals surface area contributed by atoms with Crippen LogP contribution in [-0.2, 0) is 6.42 Å². The van der Waals surface area contributed by atoms with E-state index in [0.29, 0.717) is 0 Å². The van der Waals surface area contributed by atoms with Crippen molar-refractivity contribution in [1.29, 1.82) is 0 Å². The Hall–Kier alpha value is -0.380. The molecule has 2 rings (SSSR count). The van der Waals surface area contributed by atoms with Gasteiger partial charge in [-0.05, 0) is 45.6 Å². The zero-order valence-corrected chi connectivity index (χ0v) is 12.2. The first-order valence-corrected chi connectivity index (χ1v) is 7.30. The second kappa shape index (κ2) is 4.71. The summed E-state index contributed by atoms with van der Waals surface area (Å²) in [5, 5.41) is 5.80. The van der Waals surface area contributed by atoms with Gasteiger partial charge in [-0.25, -0.2) is 0 Å². The molecule has 0 atom stereocenters. The molecule has 1 aliphatic heterocycles. The lowest BCUT2D eigenvalue weighted by atomic mass is 9.91. The van der Waals surface area contributed by atoms with Crippen LogP contribution in [0.4, 0.5) is 0 Å². The summed E-state index contributed by atoms with van der Waals surface area (Å²) in [7, 11) is 0. The molecule has 17 heavy (non-hydrogen) atoms. The summed E-state index contributed by atoms with van der Waals surface area (Å²) in [6.45, 7) is 12.6. The minimum absolute atomic E-state index is 0.241. The molecule has 1 aliphatic rings. The second-order valence-corrected chi connectivity index (χ2v) is 7.33. The Bertz CT molecular complexity index is 354. The van der Waals surface area contributed by atoms with E-state index in [4.69, 9.17) is 0 Å². The van der Waals surface area contributed by atoms with Gasteiger partial charge in [-0.2, -0.15) is 0 Å². The average molecular weight is 252 g/mol. The van der Waals surface area contributed by atoms with Crippen molar-refractivity contribution >= 4 is 11.3 Å². The summed E-state index contributed by atoms with van der Waals surface area (Å²) in [4.78, 5) is 4.13. The molecule has 1 aromatic heterocycles. The lowest BCUT2D eigenvalue weighted by Crippen LogP contribution is -2.66. The molecule has 0 aromatic carbocycles. The van der Waals surface area contributed by atoms with Gasteiger partial charge >= 0.3 is 0 Å². The lowest BCUT2D eigenvalue weighted by Gasteiger charge is -2.49. The Morgan fingerprint density at radius 1 is 1.35 bits per heavy atom. The lowest BCUT2D eigenvalue weighted by molar-refractivity contribution is 0.0406. The van der Waals surface area contributed by atoms with Crippen molar-refractivity contribution in [3.05, 3.63) is 22.4 Å². The second-order valence-electron chi connectivity index (χ2n) is 6.30. The van der Waals surface area contributed by atoms with E-state index in [1.54, 1.807) is 0 Å². The highest BCUT2D eigenvalue weighted by molar-refractivity contribution is 7.09. The van der Waals surface area contributed by atoms with E-state index >= 15 is 0 Å². The standard InChI is InChI=1S/C14H24N2S/c1-13(2)11-16(14(3,4)10-15-13)8-7-12-6-5-9-17-12/h5-6,9,15H,7-8,10-11H2,1-4H3. The van der Waals surface area contributed by atoms with Crippen molar-refractivity contribution in [2.75, 3.05) is 19.6 Å². The Balaban J connectivity index is 1.97. The minimum Gasteiger partial charge on any atom is -0.309 e. The maximum Gasteiger partial charge on any atom is 0.0278 e. The third-order valence-electron chi connectivity index (χ3n) is 3.65. The van der Waals surface area contributed by atoms with Gasteiger partial charge in [-0.3, -0.25) is 4.90 Å². The minimum atomic E-state index is 0.241. The molecule has 3 heteroatoms. The zero-order chi connectivity index (χ0) is 12.5. The van der Waals surface area contributed by atoms with Crippen LogP contribution in [0.25, 0.3) is 0 Å². The number of hydrogen-bond donors (Lipinski definition) is 1. The van der Waals surface area contributed by atoms with Gasteiger partial charge in [0, 0.05) is 35.6 Å². The highest BCUT2D eigenvalue weighted by Crippen LogP contribution is 2.24. The van der Waals surface area contributed by atoms with Crippen LogP contribution in [0.3, 0.4) is 0 Å². The van der Waals surface area contributed by atoms with Gasteiger partial charge in [0.15, 0.2) is 0 Å². The predicted molar refractivity (Wildman–Crippen MR) is 75.8 cm³/mol. The van der Waals surface area contributed by atoms with Gasteiger partial charge in [-0.1, -0.05) is 6.07 Å². The largest absolute Gasteiger partial charge is 0.309 e. The average Bonchev–Trinajstić information content (AvgIpc) is 2.73. The number of nitrogens with one attached hydrogen (secondary N) is 1. The normalized spacial score (nSPS) is 23.8. The molecule has 96 valence electrons. The molecule has 1 saturated heterocycles. The van der Waals surface area contributed by atoms with E-state index < -0.39 is 0 Å². The van der Waals surface area contributed by atoms with Crippen molar-refractivity contribution < 1.29 is 0 Å². The molecule has 0 bridgehead atoms. The first-order chi connectivity index (χ1) is 7.89. The first-order valence-electron chi connectivity index (χ1n) is 6.42. The Labute approximate surface area is 109 Å². The number of nitrogens with zero attached hydrogens (tertiary/aromatic N) is 1. The van der Waals surface area contributed by atoms with E-state index in [0.717, 1.165) is 13.1 Å². The summed E-state index contributed by atoms with van der Waals surface area (Å²) in [5.74, 6) is 0. The van der Waals surface area contributed by atoms with Gasteiger partial charge < -0.3 is 5.32 Å². The van der Waals surface area contributed by atoms with Crippen LogP contribution in [0, 0.1) is 0 Å². The van der Waals surface area contributed by atoms with Crippen LogP contribution in [-0.4, -0.2) is 35.6 Å². The van der Waals surface area contributed by atoms with Crippen molar-refractivity contribution in [2.24, 2.45) is 0 Å². The third kappa shape index (κ3) is 3.30. The molecule has 0 aliphatic carbocycles. The van der Waals surface area contributed by atoms with E-state index in [9.17, 15) is 0 Å². The molecule has 2 nitrogen and oxygen atoms in total. The summed E-state index contributed by atoms with van der Waals surface area (Å²) in [6.07, 6.45) is 1.18. The molecular formula is C14H24N2S. The van der Waals surface area contributed by atoms with Gasteiger partial charge in [0.1, 0.15) is 0 Å². The van der Waals surface area contributed by atoms with Crippen LogP contribution in [0.1, 0.15) is 32.6 Å². The van der Waals surface area contributed by atoms with Gasteiger partial charge in [0.2, 0.25) is 0 Å². The fourth-order valence-corrected chi connectivity index (χ4v) is 3.09. The maximum atomic E-state index is 3.63. The van der Waals surface area contributed by atoms with Crippen molar-refractivity contribution in [3.8, 4) is 0 Å². The highest BCUT2D eigenvalue weighted by atomic mass is 32.1. The van der Waals surface area contributed by atoms with E-state index in [1.807, 2.05) is 11.3 Å². The van der Waals surface area contributed by atoms with E-state index in [-0.39, 0.29) is 11.1 Å². The molecule has 0 amide bonds. The fraction of sp³-hybridized carbons (Fsp3) is 0.714. The predicted octanol–water partition coefficient (Wildman–Crippen LogP) is 2.75. The summed E-state index contributed by atoms with van der Waals surface area (Å²) >= 11 is 1.87. The Kier molecular flexibility index (Phi) is 3.62.